The lowest BCUT2D eigenvalue weighted by molar-refractivity contribution is -0.139. The van der Waals surface area contributed by atoms with Crippen molar-refractivity contribution in [1.29, 1.82) is 0 Å². The normalized spacial score (nSPS) is 11.9. The van der Waals surface area contributed by atoms with E-state index in [9.17, 15) is 4.79 Å². The van der Waals surface area contributed by atoms with Crippen molar-refractivity contribution in [3.63, 3.8) is 0 Å². The van der Waals surface area contributed by atoms with E-state index < -0.39 is 12.1 Å². The maximum Gasteiger partial charge on any atom is 0.341 e. The summed E-state index contributed by atoms with van der Waals surface area (Å²) in [7, 11) is 0. The van der Waals surface area contributed by atoms with E-state index in [2.05, 4.69) is 38.1 Å². The number of rotatable bonds is 11. The molecule has 6 nitrogen and oxygen atoms in total. The number of aliphatic carboxylic acids is 1. The summed E-state index contributed by atoms with van der Waals surface area (Å²) in [6.07, 6.45) is -0.398. The fourth-order valence-corrected chi connectivity index (χ4v) is 3.40. The second-order valence-corrected chi connectivity index (χ2v) is 8.10. The second kappa shape index (κ2) is 11.5. The summed E-state index contributed by atoms with van der Waals surface area (Å²) in [4.78, 5) is 15.6. The molecule has 1 atom stereocenters. The highest BCUT2D eigenvalue weighted by Crippen LogP contribution is 2.29. The summed E-state index contributed by atoms with van der Waals surface area (Å²) < 4.78 is 17.2. The van der Waals surface area contributed by atoms with Crippen LogP contribution in [0.3, 0.4) is 0 Å². The third-order valence-electron chi connectivity index (χ3n) is 5.22. The van der Waals surface area contributed by atoms with Crippen LogP contribution in [0.2, 0.25) is 0 Å². The van der Waals surface area contributed by atoms with Gasteiger partial charge in [-0.25, -0.2) is 9.78 Å². The maximum atomic E-state index is 10.8. The number of aryl methyl sites for hydroxylation is 1. The van der Waals surface area contributed by atoms with Gasteiger partial charge in [0.1, 0.15) is 11.5 Å². The molecule has 174 valence electrons. The fourth-order valence-electron chi connectivity index (χ4n) is 3.40. The lowest BCUT2D eigenvalue weighted by Gasteiger charge is -2.20. The average Bonchev–Trinajstić information content (AvgIpc) is 2.81. The number of carboxylic acid groups (broad SMARTS) is 1. The summed E-state index contributed by atoms with van der Waals surface area (Å²) in [5.74, 6) is 0.604. The molecule has 0 saturated carbocycles. The van der Waals surface area contributed by atoms with E-state index in [1.807, 2.05) is 38.1 Å². The number of pyridine rings is 1. The summed E-state index contributed by atoms with van der Waals surface area (Å²) in [6.45, 7) is 8.68. The van der Waals surface area contributed by atoms with Crippen LogP contribution in [0.5, 0.6) is 11.5 Å². The first-order valence-electron chi connectivity index (χ1n) is 11.1. The Kier molecular flexibility index (Phi) is 8.44. The van der Waals surface area contributed by atoms with Gasteiger partial charge in [0.15, 0.2) is 12.7 Å². The first-order chi connectivity index (χ1) is 15.9. The van der Waals surface area contributed by atoms with E-state index in [1.54, 1.807) is 12.1 Å². The van der Waals surface area contributed by atoms with Crippen molar-refractivity contribution < 1.29 is 24.1 Å². The molecule has 0 aliphatic carbocycles. The molecule has 2 aromatic carbocycles. The Labute approximate surface area is 195 Å². The van der Waals surface area contributed by atoms with Gasteiger partial charge in [-0.3, -0.25) is 0 Å². The number of benzene rings is 2. The SMILES string of the molecule is CCOCC(Oc1ccc(OCC(=O)O)c(C)c1)c1cccc(-c2ccc(C(C)C)cc2)n1. The van der Waals surface area contributed by atoms with Crippen LogP contribution in [0.4, 0.5) is 0 Å². The van der Waals surface area contributed by atoms with E-state index >= 15 is 0 Å². The molecule has 0 amide bonds. The Morgan fingerprint density at radius 1 is 1.06 bits per heavy atom. The van der Waals surface area contributed by atoms with Gasteiger partial charge in [-0.1, -0.05) is 44.2 Å². The van der Waals surface area contributed by atoms with Gasteiger partial charge >= 0.3 is 5.97 Å². The lowest BCUT2D eigenvalue weighted by Crippen LogP contribution is -2.16. The lowest BCUT2D eigenvalue weighted by atomic mass is 10.0. The molecule has 0 saturated heterocycles. The highest BCUT2D eigenvalue weighted by atomic mass is 16.5. The molecule has 1 N–H and O–H groups in total. The fraction of sp³-hybridized carbons (Fsp3) is 0.333. The van der Waals surface area contributed by atoms with Crippen LogP contribution >= 0.6 is 0 Å². The minimum Gasteiger partial charge on any atom is -0.482 e. The van der Waals surface area contributed by atoms with Gasteiger partial charge in [-0.2, -0.15) is 0 Å². The largest absolute Gasteiger partial charge is 0.482 e. The molecular weight excluding hydrogens is 418 g/mol. The number of nitrogens with zero attached hydrogens (tertiary/aromatic N) is 1. The molecule has 33 heavy (non-hydrogen) atoms. The van der Waals surface area contributed by atoms with E-state index in [0.29, 0.717) is 30.6 Å². The van der Waals surface area contributed by atoms with E-state index in [-0.39, 0.29) is 6.61 Å². The molecule has 0 bridgehead atoms. The van der Waals surface area contributed by atoms with Crippen molar-refractivity contribution in [2.24, 2.45) is 0 Å². The number of ether oxygens (including phenoxy) is 3. The summed E-state index contributed by atoms with van der Waals surface area (Å²) in [5.41, 5.74) is 4.78. The molecule has 0 aliphatic rings. The topological polar surface area (TPSA) is 77.9 Å². The minimum absolute atomic E-state index is 0.357. The van der Waals surface area contributed by atoms with Crippen LogP contribution in [-0.4, -0.2) is 35.9 Å². The highest BCUT2D eigenvalue weighted by molar-refractivity contribution is 5.68. The molecular formula is C27H31NO5. The monoisotopic (exact) mass is 449 g/mol. The number of carboxylic acids is 1. The molecule has 1 heterocycles. The van der Waals surface area contributed by atoms with Crippen molar-refractivity contribution in [3.8, 4) is 22.8 Å². The zero-order valence-electron chi connectivity index (χ0n) is 19.6. The van der Waals surface area contributed by atoms with Gasteiger partial charge < -0.3 is 19.3 Å². The second-order valence-electron chi connectivity index (χ2n) is 8.10. The zero-order valence-corrected chi connectivity index (χ0v) is 19.6. The Bertz CT molecular complexity index is 1060. The minimum atomic E-state index is -1.02. The van der Waals surface area contributed by atoms with Crippen molar-refractivity contribution in [2.45, 2.75) is 39.7 Å². The highest BCUT2D eigenvalue weighted by Gasteiger charge is 2.17. The molecule has 3 rings (SSSR count). The van der Waals surface area contributed by atoms with Crippen LogP contribution in [-0.2, 0) is 9.53 Å². The van der Waals surface area contributed by atoms with Crippen LogP contribution in [0, 0.1) is 6.92 Å². The predicted octanol–water partition coefficient (Wildman–Crippen LogP) is 5.80. The molecule has 1 unspecified atom stereocenters. The van der Waals surface area contributed by atoms with Crippen molar-refractivity contribution >= 4 is 5.97 Å². The van der Waals surface area contributed by atoms with E-state index in [4.69, 9.17) is 24.3 Å². The van der Waals surface area contributed by atoms with Gasteiger partial charge in [0.25, 0.3) is 0 Å². The zero-order chi connectivity index (χ0) is 23.8. The van der Waals surface area contributed by atoms with Crippen LogP contribution < -0.4 is 9.47 Å². The number of hydrogen-bond donors (Lipinski definition) is 1. The molecule has 1 aromatic heterocycles. The van der Waals surface area contributed by atoms with Crippen LogP contribution in [0.25, 0.3) is 11.3 Å². The smallest absolute Gasteiger partial charge is 0.341 e. The summed E-state index contributed by atoms with van der Waals surface area (Å²) >= 11 is 0. The molecule has 3 aromatic rings. The third-order valence-corrected chi connectivity index (χ3v) is 5.22. The van der Waals surface area contributed by atoms with E-state index in [1.165, 1.54) is 5.56 Å². The molecule has 0 radical (unpaired) electrons. The number of aromatic nitrogens is 1. The Morgan fingerprint density at radius 2 is 1.82 bits per heavy atom. The predicted molar refractivity (Wildman–Crippen MR) is 128 cm³/mol. The number of hydrogen-bond acceptors (Lipinski definition) is 5. The van der Waals surface area contributed by atoms with Crippen molar-refractivity contribution in [1.82, 2.24) is 4.98 Å². The Balaban J connectivity index is 1.82. The Hall–Kier alpha value is -3.38. The van der Waals surface area contributed by atoms with Crippen LogP contribution in [0.15, 0.2) is 60.7 Å². The standard InChI is InChI=1S/C27H31NO5/c1-5-31-16-26(33-22-13-14-25(19(4)15-22)32-17-27(29)30)24-8-6-7-23(28-24)21-11-9-20(10-12-21)18(2)3/h6-15,18,26H,5,16-17H2,1-4H3,(H,29,30). The van der Waals surface area contributed by atoms with Gasteiger partial charge in [-0.15, -0.1) is 0 Å². The van der Waals surface area contributed by atoms with Gasteiger partial charge in [0.05, 0.1) is 18.0 Å². The maximum absolute atomic E-state index is 10.8. The van der Waals surface area contributed by atoms with Gasteiger partial charge in [0.2, 0.25) is 0 Å². The molecule has 0 spiro atoms. The van der Waals surface area contributed by atoms with Crippen molar-refractivity contribution in [3.05, 3.63) is 77.5 Å². The first kappa shape index (κ1) is 24.3. The van der Waals surface area contributed by atoms with Gasteiger partial charge in [0, 0.05) is 12.2 Å². The van der Waals surface area contributed by atoms with Crippen LogP contribution in [0.1, 0.15) is 49.6 Å². The summed E-state index contributed by atoms with van der Waals surface area (Å²) in [5, 5.41) is 8.82. The quantitative estimate of drug-likeness (QED) is 0.399. The molecule has 0 fully saturated rings. The summed E-state index contributed by atoms with van der Waals surface area (Å²) in [6, 6.07) is 19.7. The van der Waals surface area contributed by atoms with Gasteiger partial charge in [-0.05, 0) is 61.2 Å². The Morgan fingerprint density at radius 3 is 2.45 bits per heavy atom. The number of carbonyl (C=O) groups is 1. The molecule has 0 aliphatic heterocycles. The third kappa shape index (κ3) is 6.80. The first-order valence-corrected chi connectivity index (χ1v) is 11.1. The molecule has 6 heteroatoms. The van der Waals surface area contributed by atoms with Crippen molar-refractivity contribution in [2.75, 3.05) is 19.8 Å². The van der Waals surface area contributed by atoms with E-state index in [0.717, 1.165) is 22.5 Å². The average molecular weight is 450 g/mol.